The van der Waals surface area contributed by atoms with Crippen LogP contribution < -0.4 is 10.5 Å². The molecule has 0 atom stereocenters. The lowest BCUT2D eigenvalue weighted by Crippen LogP contribution is -2.66. The molecule has 0 unspecified atom stereocenters. The molecule has 1 heterocycles. The molecule has 0 aliphatic carbocycles. The second kappa shape index (κ2) is 4.53. The number of amides is 1. The number of benzene rings is 1. The van der Waals surface area contributed by atoms with E-state index in [2.05, 4.69) is 4.74 Å². The summed E-state index contributed by atoms with van der Waals surface area (Å²) in [7, 11) is 0. The van der Waals surface area contributed by atoms with E-state index in [1.807, 2.05) is 6.92 Å². The Balaban J connectivity index is 2.15. The standard InChI is InChI=1S/C12H14F2N2O2/c1-12(15)6-16(7-12)10(17)8-4-2-3-5-9(8)18-11(13)14/h2-5,11H,6-7,15H2,1H3. The molecule has 2 N–H and O–H groups in total. The average molecular weight is 256 g/mol. The van der Waals surface area contributed by atoms with E-state index in [1.165, 1.54) is 23.1 Å². The van der Waals surface area contributed by atoms with Gasteiger partial charge in [0, 0.05) is 18.6 Å². The number of likely N-dealkylation sites (tertiary alicyclic amines) is 1. The van der Waals surface area contributed by atoms with E-state index in [4.69, 9.17) is 5.73 Å². The number of rotatable bonds is 3. The summed E-state index contributed by atoms with van der Waals surface area (Å²) in [5.74, 6) is -0.447. The van der Waals surface area contributed by atoms with Crippen LogP contribution in [0.3, 0.4) is 0 Å². The van der Waals surface area contributed by atoms with Crippen LogP contribution in [0.4, 0.5) is 8.78 Å². The third-order valence-electron chi connectivity index (χ3n) is 2.72. The first-order valence-corrected chi connectivity index (χ1v) is 5.51. The zero-order valence-corrected chi connectivity index (χ0v) is 9.90. The summed E-state index contributed by atoms with van der Waals surface area (Å²) in [5, 5.41) is 0. The number of hydrogen-bond donors (Lipinski definition) is 1. The van der Waals surface area contributed by atoms with Crippen LogP contribution in [-0.4, -0.2) is 36.0 Å². The number of carbonyl (C=O) groups is 1. The lowest BCUT2D eigenvalue weighted by molar-refractivity contribution is -0.0504. The maximum absolute atomic E-state index is 12.2. The van der Waals surface area contributed by atoms with Gasteiger partial charge in [-0.1, -0.05) is 12.1 Å². The predicted octanol–water partition coefficient (Wildman–Crippen LogP) is 1.46. The molecule has 1 aromatic rings. The Hall–Kier alpha value is -1.69. The summed E-state index contributed by atoms with van der Waals surface area (Å²) < 4.78 is 28.8. The van der Waals surface area contributed by atoms with Gasteiger partial charge in [-0.2, -0.15) is 8.78 Å². The highest BCUT2D eigenvalue weighted by atomic mass is 19.3. The van der Waals surface area contributed by atoms with Gasteiger partial charge in [-0.25, -0.2) is 0 Å². The van der Waals surface area contributed by atoms with Gasteiger partial charge >= 0.3 is 6.61 Å². The van der Waals surface area contributed by atoms with Crippen LogP contribution in [0.2, 0.25) is 0 Å². The molecule has 1 saturated heterocycles. The number of nitrogens with zero attached hydrogens (tertiary/aromatic N) is 1. The van der Waals surface area contributed by atoms with Crippen molar-refractivity contribution in [3.8, 4) is 5.75 Å². The minimum atomic E-state index is -2.95. The average Bonchev–Trinajstić information content (AvgIpc) is 2.25. The van der Waals surface area contributed by atoms with Crippen LogP contribution >= 0.6 is 0 Å². The van der Waals surface area contributed by atoms with Crippen molar-refractivity contribution in [3.05, 3.63) is 29.8 Å². The Bertz CT molecular complexity index is 455. The molecule has 1 amide bonds. The fourth-order valence-electron chi connectivity index (χ4n) is 1.98. The minimum Gasteiger partial charge on any atom is -0.434 e. The van der Waals surface area contributed by atoms with Gasteiger partial charge in [-0.15, -0.1) is 0 Å². The summed E-state index contributed by atoms with van der Waals surface area (Å²) >= 11 is 0. The third kappa shape index (κ3) is 2.59. The summed E-state index contributed by atoms with van der Waals surface area (Å²) in [6.07, 6.45) is 0. The molecule has 1 aliphatic heterocycles. The highest BCUT2D eigenvalue weighted by Gasteiger charge is 2.38. The molecule has 2 rings (SSSR count). The lowest BCUT2D eigenvalue weighted by atomic mass is 9.93. The van der Waals surface area contributed by atoms with Crippen LogP contribution in [0.5, 0.6) is 5.75 Å². The van der Waals surface area contributed by atoms with Crippen LogP contribution in [0.25, 0.3) is 0 Å². The number of hydrogen-bond acceptors (Lipinski definition) is 3. The molecule has 18 heavy (non-hydrogen) atoms. The second-order valence-corrected chi connectivity index (χ2v) is 4.69. The van der Waals surface area contributed by atoms with Gasteiger partial charge in [0.15, 0.2) is 0 Å². The van der Waals surface area contributed by atoms with E-state index in [0.717, 1.165) is 0 Å². The van der Waals surface area contributed by atoms with Crippen molar-refractivity contribution in [2.24, 2.45) is 5.73 Å². The van der Waals surface area contributed by atoms with E-state index in [9.17, 15) is 13.6 Å². The van der Waals surface area contributed by atoms with E-state index in [1.54, 1.807) is 6.07 Å². The molecule has 0 saturated carbocycles. The molecule has 0 aromatic heterocycles. The summed E-state index contributed by atoms with van der Waals surface area (Å²) in [4.78, 5) is 13.6. The molecule has 0 radical (unpaired) electrons. The van der Waals surface area contributed by atoms with E-state index in [-0.39, 0.29) is 17.2 Å². The van der Waals surface area contributed by atoms with Crippen LogP contribution in [-0.2, 0) is 0 Å². The van der Waals surface area contributed by atoms with Gasteiger partial charge in [0.1, 0.15) is 5.75 Å². The van der Waals surface area contributed by atoms with Crippen molar-refractivity contribution < 1.29 is 18.3 Å². The van der Waals surface area contributed by atoms with Crippen LogP contribution in [0, 0.1) is 0 Å². The number of alkyl halides is 2. The van der Waals surface area contributed by atoms with Gasteiger partial charge in [-0.3, -0.25) is 4.79 Å². The number of nitrogens with two attached hydrogens (primary N) is 1. The topological polar surface area (TPSA) is 55.6 Å². The molecule has 1 fully saturated rings. The quantitative estimate of drug-likeness (QED) is 0.890. The Morgan fingerprint density at radius 2 is 2.06 bits per heavy atom. The smallest absolute Gasteiger partial charge is 0.387 e. The third-order valence-corrected chi connectivity index (χ3v) is 2.72. The molecule has 1 aromatic carbocycles. The number of para-hydroxylation sites is 1. The molecular formula is C12H14F2N2O2. The summed E-state index contributed by atoms with van der Waals surface area (Å²) in [6.45, 7) is -0.294. The van der Waals surface area contributed by atoms with E-state index in [0.29, 0.717) is 13.1 Å². The molecule has 1 aliphatic rings. The van der Waals surface area contributed by atoms with Gasteiger partial charge in [0.25, 0.3) is 5.91 Å². The molecule has 98 valence electrons. The van der Waals surface area contributed by atoms with Crippen molar-refractivity contribution in [2.75, 3.05) is 13.1 Å². The number of carbonyl (C=O) groups excluding carboxylic acids is 1. The zero-order valence-electron chi connectivity index (χ0n) is 9.90. The van der Waals surface area contributed by atoms with E-state index < -0.39 is 12.2 Å². The minimum absolute atomic E-state index is 0.108. The Morgan fingerprint density at radius 1 is 1.44 bits per heavy atom. The van der Waals surface area contributed by atoms with Crippen molar-refractivity contribution in [1.29, 1.82) is 0 Å². The first-order chi connectivity index (χ1) is 8.39. The summed E-state index contributed by atoms with van der Waals surface area (Å²) in [5.41, 5.74) is 5.54. The summed E-state index contributed by atoms with van der Waals surface area (Å²) in [6, 6.07) is 5.96. The van der Waals surface area contributed by atoms with Gasteiger partial charge in [0.05, 0.1) is 5.56 Å². The lowest BCUT2D eigenvalue weighted by Gasteiger charge is -2.45. The molecular weight excluding hydrogens is 242 g/mol. The van der Waals surface area contributed by atoms with Crippen molar-refractivity contribution >= 4 is 5.91 Å². The monoisotopic (exact) mass is 256 g/mol. The maximum atomic E-state index is 12.2. The molecule has 6 heteroatoms. The van der Waals surface area contributed by atoms with Gasteiger partial charge < -0.3 is 15.4 Å². The van der Waals surface area contributed by atoms with Crippen LogP contribution in [0.15, 0.2) is 24.3 Å². The first-order valence-electron chi connectivity index (χ1n) is 5.51. The van der Waals surface area contributed by atoms with Crippen molar-refractivity contribution in [1.82, 2.24) is 4.90 Å². The fraction of sp³-hybridized carbons (Fsp3) is 0.417. The predicted molar refractivity (Wildman–Crippen MR) is 61.6 cm³/mol. The van der Waals surface area contributed by atoms with Crippen molar-refractivity contribution in [3.63, 3.8) is 0 Å². The van der Waals surface area contributed by atoms with Crippen LogP contribution in [0.1, 0.15) is 17.3 Å². The second-order valence-electron chi connectivity index (χ2n) is 4.69. The highest BCUT2D eigenvalue weighted by Crippen LogP contribution is 2.26. The van der Waals surface area contributed by atoms with Gasteiger partial charge in [0.2, 0.25) is 0 Å². The Kier molecular flexibility index (Phi) is 3.21. The molecule has 4 nitrogen and oxygen atoms in total. The first kappa shape index (κ1) is 12.8. The molecule has 0 spiro atoms. The number of ether oxygens (including phenoxy) is 1. The highest BCUT2D eigenvalue weighted by molar-refractivity contribution is 5.97. The van der Waals surface area contributed by atoms with Crippen molar-refractivity contribution in [2.45, 2.75) is 19.1 Å². The molecule has 0 bridgehead atoms. The largest absolute Gasteiger partial charge is 0.434 e. The fourth-order valence-corrected chi connectivity index (χ4v) is 1.98. The maximum Gasteiger partial charge on any atom is 0.387 e. The Morgan fingerprint density at radius 3 is 2.61 bits per heavy atom. The zero-order chi connectivity index (χ0) is 13.3. The van der Waals surface area contributed by atoms with E-state index >= 15 is 0 Å². The number of halogens is 2. The van der Waals surface area contributed by atoms with Gasteiger partial charge in [-0.05, 0) is 19.1 Å². The normalized spacial score (nSPS) is 17.5. The SMILES string of the molecule is CC1(N)CN(C(=O)c2ccccc2OC(F)F)C1. The Labute approximate surface area is 103 Å².